The zero-order chi connectivity index (χ0) is 14.6. The summed E-state index contributed by atoms with van der Waals surface area (Å²) in [7, 11) is 1.67. The number of hydrogen-bond donors (Lipinski definition) is 1. The average molecular weight is 267 g/mol. The third-order valence-electron chi connectivity index (χ3n) is 3.33. The summed E-state index contributed by atoms with van der Waals surface area (Å²) in [6, 6.07) is -0.0188. The molecule has 2 unspecified atom stereocenters. The van der Waals surface area contributed by atoms with Crippen molar-refractivity contribution >= 4 is 0 Å². The van der Waals surface area contributed by atoms with Gasteiger partial charge in [0, 0.05) is 6.54 Å². The normalized spacial score (nSPS) is 15.3. The van der Waals surface area contributed by atoms with Crippen LogP contribution < -0.4 is 10.5 Å². The predicted molar refractivity (Wildman–Crippen MR) is 79.2 cm³/mol. The van der Waals surface area contributed by atoms with Gasteiger partial charge in [-0.2, -0.15) is 5.10 Å². The molecular weight excluding hydrogens is 238 g/mol. The van der Waals surface area contributed by atoms with Crippen molar-refractivity contribution in [1.29, 1.82) is 0 Å². The number of ether oxygens (including phenoxy) is 1. The van der Waals surface area contributed by atoms with Crippen molar-refractivity contribution in [3.8, 4) is 5.75 Å². The van der Waals surface area contributed by atoms with Gasteiger partial charge in [0.2, 0.25) is 0 Å². The molecule has 0 amide bonds. The van der Waals surface area contributed by atoms with Crippen molar-refractivity contribution in [1.82, 2.24) is 9.78 Å². The molecule has 2 atom stereocenters. The molecule has 0 fully saturated rings. The molecule has 110 valence electrons. The summed E-state index contributed by atoms with van der Waals surface area (Å²) in [4.78, 5) is 0. The summed E-state index contributed by atoms with van der Waals surface area (Å²) in [6.45, 7) is 12.0. The SMILES string of the molecule is CCn1ncc(OC)c1C(N)CC(C)CC(C)(C)C. The zero-order valence-electron chi connectivity index (χ0n) is 13.2. The van der Waals surface area contributed by atoms with Crippen LogP contribution in [0.3, 0.4) is 0 Å². The zero-order valence-corrected chi connectivity index (χ0v) is 13.2. The second-order valence-corrected chi connectivity index (χ2v) is 6.63. The lowest BCUT2D eigenvalue weighted by Crippen LogP contribution is -2.21. The lowest BCUT2D eigenvalue weighted by molar-refractivity contribution is 0.282. The third-order valence-corrected chi connectivity index (χ3v) is 3.33. The van der Waals surface area contributed by atoms with Gasteiger partial charge in [0.05, 0.1) is 25.0 Å². The van der Waals surface area contributed by atoms with E-state index in [0.29, 0.717) is 11.3 Å². The molecule has 1 heterocycles. The Hall–Kier alpha value is -1.03. The summed E-state index contributed by atoms with van der Waals surface area (Å²) in [5, 5.41) is 4.32. The van der Waals surface area contributed by atoms with Gasteiger partial charge in [-0.05, 0) is 31.1 Å². The maximum absolute atomic E-state index is 6.37. The third kappa shape index (κ3) is 4.53. The summed E-state index contributed by atoms with van der Waals surface area (Å²) in [6.07, 6.45) is 3.88. The molecule has 0 saturated heterocycles. The molecule has 0 aliphatic carbocycles. The standard InChI is InChI=1S/C15H29N3O/c1-7-18-14(13(19-6)10-17-18)12(16)8-11(2)9-15(3,4)5/h10-12H,7-9,16H2,1-6H3. The van der Waals surface area contributed by atoms with Crippen LogP contribution in [0.25, 0.3) is 0 Å². The average Bonchev–Trinajstić information content (AvgIpc) is 2.68. The Balaban J connectivity index is 2.77. The summed E-state index contributed by atoms with van der Waals surface area (Å²) in [5.74, 6) is 1.39. The van der Waals surface area contributed by atoms with Crippen LogP contribution >= 0.6 is 0 Å². The van der Waals surface area contributed by atoms with E-state index >= 15 is 0 Å². The minimum absolute atomic E-state index is 0.0188. The monoisotopic (exact) mass is 267 g/mol. The fourth-order valence-corrected chi connectivity index (χ4v) is 2.83. The van der Waals surface area contributed by atoms with Crippen molar-refractivity contribution in [2.24, 2.45) is 17.1 Å². The van der Waals surface area contributed by atoms with Gasteiger partial charge in [-0.3, -0.25) is 4.68 Å². The Morgan fingerprint density at radius 3 is 2.53 bits per heavy atom. The minimum atomic E-state index is -0.0188. The van der Waals surface area contributed by atoms with Gasteiger partial charge in [0.15, 0.2) is 5.75 Å². The lowest BCUT2D eigenvalue weighted by Gasteiger charge is -2.25. The van der Waals surface area contributed by atoms with Crippen LogP contribution in [0.2, 0.25) is 0 Å². The van der Waals surface area contributed by atoms with Crippen molar-refractivity contribution in [3.05, 3.63) is 11.9 Å². The molecule has 1 rings (SSSR count). The highest BCUT2D eigenvalue weighted by Gasteiger charge is 2.22. The summed E-state index contributed by atoms with van der Waals surface area (Å²) < 4.78 is 7.31. The summed E-state index contributed by atoms with van der Waals surface area (Å²) >= 11 is 0. The second-order valence-electron chi connectivity index (χ2n) is 6.63. The number of hydrogen-bond acceptors (Lipinski definition) is 3. The van der Waals surface area contributed by atoms with Crippen LogP contribution in [0.5, 0.6) is 5.75 Å². The van der Waals surface area contributed by atoms with E-state index in [0.717, 1.165) is 24.4 Å². The lowest BCUT2D eigenvalue weighted by atomic mass is 9.82. The number of rotatable bonds is 6. The Morgan fingerprint density at radius 1 is 1.42 bits per heavy atom. The largest absolute Gasteiger partial charge is 0.493 e. The first-order chi connectivity index (χ1) is 8.78. The van der Waals surface area contributed by atoms with Gasteiger partial charge >= 0.3 is 0 Å². The molecule has 0 aliphatic rings. The van der Waals surface area contributed by atoms with Crippen LogP contribution in [0.1, 0.15) is 59.2 Å². The van der Waals surface area contributed by atoms with Gasteiger partial charge in [-0.15, -0.1) is 0 Å². The molecule has 1 aromatic rings. The van der Waals surface area contributed by atoms with Gasteiger partial charge in [0.25, 0.3) is 0 Å². The fraction of sp³-hybridized carbons (Fsp3) is 0.800. The van der Waals surface area contributed by atoms with Crippen molar-refractivity contribution in [2.75, 3.05) is 7.11 Å². The van der Waals surface area contributed by atoms with E-state index in [1.54, 1.807) is 13.3 Å². The Labute approximate surface area is 117 Å². The van der Waals surface area contributed by atoms with Gasteiger partial charge in [-0.1, -0.05) is 27.7 Å². The molecule has 19 heavy (non-hydrogen) atoms. The number of nitrogens with zero attached hydrogens (tertiary/aromatic N) is 2. The number of aromatic nitrogens is 2. The van der Waals surface area contributed by atoms with E-state index in [4.69, 9.17) is 10.5 Å². The molecule has 0 aromatic carbocycles. The maximum Gasteiger partial charge on any atom is 0.161 e. The van der Waals surface area contributed by atoms with Gasteiger partial charge in [-0.25, -0.2) is 0 Å². The molecule has 4 nitrogen and oxygen atoms in total. The Bertz CT molecular complexity index is 371. The quantitative estimate of drug-likeness (QED) is 0.859. The topological polar surface area (TPSA) is 53.1 Å². The first-order valence-electron chi connectivity index (χ1n) is 7.13. The first kappa shape index (κ1) is 16.0. The van der Waals surface area contributed by atoms with Crippen LogP contribution in [-0.2, 0) is 6.54 Å². The Kier molecular flexibility index (Phi) is 5.41. The molecule has 0 spiro atoms. The predicted octanol–water partition coefficient (Wildman–Crippen LogP) is 3.37. The fourth-order valence-electron chi connectivity index (χ4n) is 2.83. The van der Waals surface area contributed by atoms with E-state index < -0.39 is 0 Å². The van der Waals surface area contributed by atoms with Crippen molar-refractivity contribution in [3.63, 3.8) is 0 Å². The van der Waals surface area contributed by atoms with Crippen LogP contribution in [0.4, 0.5) is 0 Å². The maximum atomic E-state index is 6.37. The van der Waals surface area contributed by atoms with E-state index in [2.05, 4.69) is 39.7 Å². The first-order valence-corrected chi connectivity index (χ1v) is 7.13. The van der Waals surface area contributed by atoms with Crippen LogP contribution in [0.15, 0.2) is 6.20 Å². The number of nitrogens with two attached hydrogens (primary N) is 1. The second kappa shape index (κ2) is 6.42. The molecule has 4 heteroatoms. The van der Waals surface area contributed by atoms with Crippen molar-refractivity contribution in [2.45, 2.75) is 60.0 Å². The smallest absolute Gasteiger partial charge is 0.161 e. The van der Waals surface area contributed by atoms with E-state index in [-0.39, 0.29) is 6.04 Å². The summed E-state index contributed by atoms with van der Waals surface area (Å²) in [5.41, 5.74) is 7.73. The van der Waals surface area contributed by atoms with E-state index in [1.165, 1.54) is 6.42 Å². The van der Waals surface area contributed by atoms with Crippen LogP contribution in [0, 0.1) is 11.3 Å². The van der Waals surface area contributed by atoms with Gasteiger partial charge < -0.3 is 10.5 Å². The highest BCUT2D eigenvalue weighted by atomic mass is 16.5. The molecule has 0 bridgehead atoms. The molecule has 0 aliphatic heterocycles. The highest BCUT2D eigenvalue weighted by Crippen LogP contribution is 2.32. The minimum Gasteiger partial charge on any atom is -0.493 e. The number of aryl methyl sites for hydroxylation is 1. The van der Waals surface area contributed by atoms with Crippen LogP contribution in [-0.4, -0.2) is 16.9 Å². The molecule has 2 N–H and O–H groups in total. The van der Waals surface area contributed by atoms with Gasteiger partial charge in [0.1, 0.15) is 0 Å². The molecule has 1 aromatic heterocycles. The van der Waals surface area contributed by atoms with Crippen molar-refractivity contribution < 1.29 is 4.74 Å². The molecular formula is C15H29N3O. The number of methoxy groups -OCH3 is 1. The van der Waals surface area contributed by atoms with E-state index in [9.17, 15) is 0 Å². The Morgan fingerprint density at radius 2 is 2.05 bits per heavy atom. The molecule has 0 saturated carbocycles. The molecule has 0 radical (unpaired) electrons. The van der Waals surface area contributed by atoms with E-state index in [1.807, 2.05) is 4.68 Å². The highest BCUT2D eigenvalue weighted by molar-refractivity contribution is 5.28.